The molecule has 0 unspecified atom stereocenters. The van der Waals surface area contributed by atoms with E-state index in [2.05, 4.69) is 13.8 Å². The number of hydrogen-bond donors (Lipinski definition) is 2. The summed E-state index contributed by atoms with van der Waals surface area (Å²) in [6.07, 6.45) is 37.1. The highest BCUT2D eigenvalue weighted by atomic mass is 16.6. The molecule has 0 rings (SSSR count). The predicted molar refractivity (Wildman–Crippen MR) is 213 cm³/mol. The molecule has 0 aliphatic carbocycles. The Kier molecular flexibility index (Phi) is 35.7. The van der Waals surface area contributed by atoms with Gasteiger partial charge in [0.2, 0.25) is 0 Å². The molecule has 0 atom stereocenters. The van der Waals surface area contributed by atoms with Crippen molar-refractivity contribution in [2.24, 2.45) is 5.41 Å². The number of carboxylic acid groups (broad SMARTS) is 2. The van der Waals surface area contributed by atoms with E-state index in [4.69, 9.17) is 14.6 Å². The van der Waals surface area contributed by atoms with E-state index < -0.39 is 42.5 Å². The fourth-order valence-electron chi connectivity index (χ4n) is 6.86. The van der Waals surface area contributed by atoms with Crippen molar-refractivity contribution in [2.45, 2.75) is 239 Å². The van der Waals surface area contributed by atoms with Gasteiger partial charge in [-0.15, -0.1) is 0 Å². The van der Waals surface area contributed by atoms with E-state index in [0.717, 1.165) is 38.5 Å². The van der Waals surface area contributed by atoms with Crippen molar-refractivity contribution < 1.29 is 38.9 Å². The van der Waals surface area contributed by atoms with Crippen molar-refractivity contribution in [1.82, 2.24) is 0 Å². The molecule has 0 radical (unpaired) electrons. The lowest BCUT2D eigenvalue weighted by molar-refractivity contribution is -0.168. The molecule has 0 amide bonds. The summed E-state index contributed by atoms with van der Waals surface area (Å²) in [5.41, 5.74) is -1.66. The quantitative estimate of drug-likeness (QED) is 0.0469. The molecule has 0 spiro atoms. The number of unbranched alkanes of at least 4 members (excludes halogenated alkanes) is 28. The average Bonchev–Trinajstić information content (AvgIpc) is 3.12. The molecule has 0 fully saturated rings. The molecular formula is C44H82O8. The van der Waals surface area contributed by atoms with Crippen LogP contribution in [0.25, 0.3) is 0 Å². The topological polar surface area (TPSA) is 127 Å². The summed E-state index contributed by atoms with van der Waals surface area (Å²) in [6, 6.07) is 0. The van der Waals surface area contributed by atoms with Gasteiger partial charge in [0.25, 0.3) is 0 Å². The van der Waals surface area contributed by atoms with Gasteiger partial charge in [-0.3, -0.25) is 19.2 Å². The lowest BCUT2D eigenvalue weighted by atomic mass is 9.84. The van der Waals surface area contributed by atoms with Crippen LogP contribution in [0.15, 0.2) is 0 Å². The van der Waals surface area contributed by atoms with E-state index in [1.807, 2.05) is 0 Å². The zero-order valence-corrected chi connectivity index (χ0v) is 34.0. The van der Waals surface area contributed by atoms with E-state index in [0.29, 0.717) is 12.8 Å². The molecule has 8 heteroatoms. The fourth-order valence-corrected chi connectivity index (χ4v) is 6.86. The molecule has 0 heterocycles. The maximum absolute atomic E-state index is 12.5. The van der Waals surface area contributed by atoms with Gasteiger partial charge in [-0.1, -0.05) is 194 Å². The Balaban J connectivity index is 4.22. The highest BCUT2D eigenvalue weighted by Gasteiger charge is 2.41. The second-order valence-electron chi connectivity index (χ2n) is 15.6. The maximum Gasteiger partial charge on any atom is 0.316 e. The number of carbonyl (C=O) groups excluding carboxylic acids is 2. The van der Waals surface area contributed by atoms with Crippen LogP contribution < -0.4 is 0 Å². The van der Waals surface area contributed by atoms with Gasteiger partial charge in [-0.2, -0.15) is 0 Å². The van der Waals surface area contributed by atoms with Gasteiger partial charge in [0.1, 0.15) is 18.6 Å². The smallest absolute Gasteiger partial charge is 0.316 e. The van der Waals surface area contributed by atoms with Gasteiger partial charge < -0.3 is 19.7 Å². The van der Waals surface area contributed by atoms with Gasteiger partial charge in [0.15, 0.2) is 0 Å². The highest BCUT2D eigenvalue weighted by molar-refractivity contribution is 5.77. The molecule has 0 aliphatic rings. The van der Waals surface area contributed by atoms with Gasteiger partial charge in [-0.25, -0.2) is 0 Å². The average molecular weight is 739 g/mol. The van der Waals surface area contributed by atoms with Gasteiger partial charge >= 0.3 is 23.9 Å². The highest BCUT2D eigenvalue weighted by Crippen LogP contribution is 2.28. The van der Waals surface area contributed by atoms with Crippen molar-refractivity contribution in [3.8, 4) is 0 Å². The molecular weight excluding hydrogens is 656 g/mol. The number of carboxylic acids is 2. The van der Waals surface area contributed by atoms with E-state index in [1.54, 1.807) is 0 Å². The monoisotopic (exact) mass is 739 g/mol. The Labute approximate surface area is 319 Å². The molecule has 0 saturated carbocycles. The Morgan fingerprint density at radius 1 is 0.385 bits per heavy atom. The van der Waals surface area contributed by atoms with Crippen molar-refractivity contribution in [3.63, 3.8) is 0 Å². The van der Waals surface area contributed by atoms with Crippen LogP contribution in [-0.2, 0) is 28.7 Å². The van der Waals surface area contributed by atoms with Crippen LogP contribution in [0.3, 0.4) is 0 Å². The normalized spacial score (nSPS) is 11.5. The minimum Gasteiger partial charge on any atom is -0.481 e. The number of ether oxygens (including phenoxy) is 2. The zero-order valence-electron chi connectivity index (χ0n) is 34.0. The van der Waals surface area contributed by atoms with Crippen molar-refractivity contribution >= 4 is 23.9 Å². The van der Waals surface area contributed by atoms with Gasteiger partial charge in [0, 0.05) is 19.3 Å². The molecule has 2 N–H and O–H groups in total. The van der Waals surface area contributed by atoms with Gasteiger partial charge in [0.05, 0.1) is 0 Å². The lowest BCUT2D eigenvalue weighted by Crippen LogP contribution is -2.42. The minimum absolute atomic E-state index is 0.0624. The van der Waals surface area contributed by atoms with Crippen LogP contribution in [0.1, 0.15) is 239 Å². The molecule has 0 aromatic carbocycles. The summed E-state index contributed by atoms with van der Waals surface area (Å²) in [4.78, 5) is 48.6. The summed E-state index contributed by atoms with van der Waals surface area (Å²) in [7, 11) is 0. The standard InChI is InChI=1S/C44H82O8/c1-3-5-7-9-11-13-15-17-19-21-23-25-27-29-31-35-41(47)51-38-44(43(49)50,37-33-34-40(45)46)39-52-42(48)36-32-30-28-26-24-22-20-18-16-14-12-10-8-6-4-2/h3-39H2,1-2H3,(H,45,46)(H,49,50). The first-order valence-corrected chi connectivity index (χ1v) is 22.0. The summed E-state index contributed by atoms with van der Waals surface area (Å²) < 4.78 is 10.8. The van der Waals surface area contributed by atoms with E-state index in [9.17, 15) is 24.3 Å². The SMILES string of the molecule is CCCCCCCCCCCCCCCCCC(=O)OCC(CCCC(=O)O)(COC(=O)CCCCCCCCCCCCCCCCC)C(=O)O. The van der Waals surface area contributed by atoms with E-state index in [1.165, 1.54) is 141 Å². The maximum atomic E-state index is 12.5. The second kappa shape index (κ2) is 37.2. The number of hydrogen-bond acceptors (Lipinski definition) is 6. The molecule has 0 bridgehead atoms. The Morgan fingerprint density at radius 3 is 0.904 bits per heavy atom. The third-order valence-corrected chi connectivity index (χ3v) is 10.5. The Morgan fingerprint density at radius 2 is 0.654 bits per heavy atom. The molecule has 0 aromatic heterocycles. The third kappa shape index (κ3) is 32.5. The van der Waals surface area contributed by atoms with Crippen LogP contribution in [0, 0.1) is 5.41 Å². The van der Waals surface area contributed by atoms with E-state index >= 15 is 0 Å². The minimum atomic E-state index is -1.66. The summed E-state index contributed by atoms with van der Waals surface area (Å²) in [6.45, 7) is 3.63. The molecule has 306 valence electrons. The first-order chi connectivity index (χ1) is 25.3. The van der Waals surface area contributed by atoms with Crippen LogP contribution in [-0.4, -0.2) is 47.3 Å². The third-order valence-electron chi connectivity index (χ3n) is 10.5. The first kappa shape index (κ1) is 49.9. The molecule has 0 aliphatic heterocycles. The summed E-state index contributed by atoms with van der Waals surface area (Å²) in [5.74, 6) is -3.22. The second-order valence-corrected chi connectivity index (χ2v) is 15.6. The first-order valence-electron chi connectivity index (χ1n) is 22.0. The van der Waals surface area contributed by atoms with E-state index in [-0.39, 0.29) is 32.1 Å². The molecule has 8 nitrogen and oxygen atoms in total. The van der Waals surface area contributed by atoms with Crippen molar-refractivity contribution in [2.75, 3.05) is 13.2 Å². The molecule has 0 saturated heterocycles. The number of aliphatic carboxylic acids is 2. The van der Waals surface area contributed by atoms with Crippen molar-refractivity contribution in [3.05, 3.63) is 0 Å². The summed E-state index contributed by atoms with van der Waals surface area (Å²) >= 11 is 0. The van der Waals surface area contributed by atoms with Crippen LogP contribution in [0.4, 0.5) is 0 Å². The van der Waals surface area contributed by atoms with Crippen LogP contribution in [0.2, 0.25) is 0 Å². The largest absolute Gasteiger partial charge is 0.481 e. The number of carbonyl (C=O) groups is 4. The zero-order chi connectivity index (χ0) is 38.4. The van der Waals surface area contributed by atoms with Crippen LogP contribution >= 0.6 is 0 Å². The fraction of sp³-hybridized carbons (Fsp3) is 0.909. The van der Waals surface area contributed by atoms with Gasteiger partial charge in [-0.05, 0) is 25.7 Å². The van der Waals surface area contributed by atoms with Crippen molar-refractivity contribution in [1.29, 1.82) is 0 Å². The predicted octanol–water partition coefficient (Wildman–Crippen LogP) is 12.9. The molecule has 52 heavy (non-hydrogen) atoms. The number of rotatable bonds is 41. The lowest BCUT2D eigenvalue weighted by Gasteiger charge is -2.28. The van der Waals surface area contributed by atoms with Crippen LogP contribution in [0.5, 0.6) is 0 Å². The Hall–Kier alpha value is -2.12. The number of esters is 2. The molecule has 0 aromatic rings. The summed E-state index contributed by atoms with van der Waals surface area (Å²) in [5, 5.41) is 19.2. The Bertz CT molecular complexity index is 807.